The van der Waals surface area contributed by atoms with Crippen LogP contribution in [-0.2, 0) is 4.74 Å². The van der Waals surface area contributed by atoms with Crippen LogP contribution >= 0.6 is 0 Å². The molecule has 0 fully saturated rings. The largest absolute Gasteiger partial charge is 0.511 e. The van der Waals surface area contributed by atoms with Crippen molar-refractivity contribution in [3.05, 3.63) is 77.5 Å². The number of hydrogen-bond acceptors (Lipinski definition) is 2. The van der Waals surface area contributed by atoms with Crippen LogP contribution in [0.1, 0.15) is 30.9 Å². The molecular formula is C19H22O2. The van der Waals surface area contributed by atoms with Crippen LogP contribution in [0, 0.1) is 0 Å². The molecule has 2 nitrogen and oxygen atoms in total. The average molecular weight is 282 g/mol. The minimum Gasteiger partial charge on any atom is -0.511 e. The lowest BCUT2D eigenvalue weighted by molar-refractivity contribution is 0.162. The van der Waals surface area contributed by atoms with Crippen LogP contribution in [-0.4, -0.2) is 18.3 Å². The highest BCUT2D eigenvalue weighted by Crippen LogP contribution is 2.52. The number of ether oxygens (including phenoxy) is 1. The Kier molecular flexibility index (Phi) is 5.59. The molecule has 0 heterocycles. The molecule has 1 aliphatic carbocycles. The molecule has 110 valence electrons. The zero-order chi connectivity index (χ0) is 15.1. The second kappa shape index (κ2) is 7.65. The number of allylic oxidation sites excluding steroid dienone is 2. The van der Waals surface area contributed by atoms with E-state index >= 15 is 0 Å². The van der Waals surface area contributed by atoms with E-state index in [-0.39, 0.29) is 5.92 Å². The summed E-state index contributed by atoms with van der Waals surface area (Å²) in [6.45, 7) is 5.67. The number of aliphatic hydroxyl groups is 1. The minimum atomic E-state index is 0.114. The minimum absolute atomic E-state index is 0.114. The molecule has 2 aromatic carbocycles. The smallest absolute Gasteiger partial charge is 0.109 e. The summed E-state index contributed by atoms with van der Waals surface area (Å²) in [6.07, 6.45) is 0. The van der Waals surface area contributed by atoms with Gasteiger partial charge in [-0.1, -0.05) is 60.7 Å². The predicted octanol–water partition coefficient (Wildman–Crippen LogP) is 4.80. The van der Waals surface area contributed by atoms with E-state index in [4.69, 9.17) is 4.74 Å². The van der Waals surface area contributed by atoms with E-state index in [0.717, 1.165) is 24.4 Å². The lowest BCUT2D eigenvalue weighted by Gasteiger charge is -1.99. The molecule has 1 N–H and O–H groups in total. The van der Waals surface area contributed by atoms with Crippen molar-refractivity contribution in [1.82, 2.24) is 0 Å². The van der Waals surface area contributed by atoms with Crippen molar-refractivity contribution in [1.29, 1.82) is 0 Å². The molecule has 21 heavy (non-hydrogen) atoms. The molecule has 0 aliphatic heterocycles. The maximum Gasteiger partial charge on any atom is 0.109 e. The Labute approximate surface area is 126 Å². The summed E-state index contributed by atoms with van der Waals surface area (Å²) in [4.78, 5) is 0. The molecule has 0 spiro atoms. The van der Waals surface area contributed by atoms with Crippen molar-refractivity contribution < 1.29 is 9.84 Å². The van der Waals surface area contributed by atoms with Crippen LogP contribution in [0.15, 0.2) is 66.4 Å². The predicted molar refractivity (Wildman–Crippen MR) is 87.3 cm³/mol. The van der Waals surface area contributed by atoms with E-state index in [0.29, 0.717) is 5.76 Å². The highest BCUT2D eigenvalue weighted by Gasteiger charge is 2.38. The highest BCUT2D eigenvalue weighted by atomic mass is 16.5. The fourth-order valence-corrected chi connectivity index (χ4v) is 2.32. The van der Waals surface area contributed by atoms with Gasteiger partial charge < -0.3 is 9.84 Å². The first kappa shape index (κ1) is 15.3. The molecule has 1 aliphatic rings. The molecule has 2 aromatic rings. The van der Waals surface area contributed by atoms with E-state index in [1.807, 2.05) is 62.4 Å². The summed E-state index contributed by atoms with van der Waals surface area (Å²) in [5.74, 6) is 0.626. The lowest BCUT2D eigenvalue weighted by Crippen LogP contribution is -1.84. The van der Waals surface area contributed by atoms with Gasteiger partial charge in [-0.15, -0.1) is 0 Å². The third-order valence-electron chi connectivity index (χ3n) is 3.38. The van der Waals surface area contributed by atoms with E-state index in [1.165, 1.54) is 5.56 Å². The van der Waals surface area contributed by atoms with Gasteiger partial charge in [-0.05, 0) is 25.0 Å². The molecule has 3 rings (SSSR count). The van der Waals surface area contributed by atoms with Gasteiger partial charge in [0.1, 0.15) is 5.76 Å². The monoisotopic (exact) mass is 282 g/mol. The van der Waals surface area contributed by atoms with Gasteiger partial charge in [-0.3, -0.25) is 0 Å². The van der Waals surface area contributed by atoms with Crippen LogP contribution in [0.3, 0.4) is 0 Å². The Morgan fingerprint density at radius 1 is 0.857 bits per heavy atom. The fraction of sp³-hybridized carbons (Fsp3) is 0.263. The summed E-state index contributed by atoms with van der Waals surface area (Å²) in [6, 6.07) is 20.2. The van der Waals surface area contributed by atoms with Crippen molar-refractivity contribution >= 4 is 5.57 Å². The molecule has 1 atom stereocenters. The first-order valence-corrected chi connectivity index (χ1v) is 7.40. The number of rotatable bonds is 4. The lowest BCUT2D eigenvalue weighted by atomic mass is 10.0. The van der Waals surface area contributed by atoms with Crippen molar-refractivity contribution in [2.75, 3.05) is 13.2 Å². The zero-order valence-electron chi connectivity index (χ0n) is 12.6. The maximum atomic E-state index is 9.87. The van der Waals surface area contributed by atoms with Crippen LogP contribution < -0.4 is 0 Å². The average Bonchev–Trinajstić information content (AvgIpc) is 3.22. The van der Waals surface area contributed by atoms with Gasteiger partial charge in [0.15, 0.2) is 0 Å². The van der Waals surface area contributed by atoms with Crippen molar-refractivity contribution in [2.24, 2.45) is 0 Å². The van der Waals surface area contributed by atoms with Gasteiger partial charge in [0.05, 0.1) is 5.92 Å². The maximum absolute atomic E-state index is 9.87. The zero-order valence-corrected chi connectivity index (χ0v) is 12.6. The number of hydrogen-bond donors (Lipinski definition) is 1. The molecule has 0 radical (unpaired) electrons. The molecular weight excluding hydrogens is 260 g/mol. The van der Waals surface area contributed by atoms with Gasteiger partial charge in [-0.25, -0.2) is 0 Å². The SMILES string of the molecule is CCOCC.OC1=C(c2ccccc2)C1c1ccccc1. The fourth-order valence-electron chi connectivity index (χ4n) is 2.32. The van der Waals surface area contributed by atoms with E-state index in [9.17, 15) is 5.11 Å². The molecule has 0 saturated heterocycles. The van der Waals surface area contributed by atoms with Crippen molar-refractivity contribution in [2.45, 2.75) is 19.8 Å². The van der Waals surface area contributed by atoms with Crippen LogP contribution in [0.2, 0.25) is 0 Å². The Hall–Kier alpha value is -2.06. The van der Waals surface area contributed by atoms with Gasteiger partial charge in [0.25, 0.3) is 0 Å². The van der Waals surface area contributed by atoms with Crippen LogP contribution in [0.4, 0.5) is 0 Å². The van der Waals surface area contributed by atoms with Crippen molar-refractivity contribution in [3.63, 3.8) is 0 Å². The normalized spacial score (nSPS) is 16.2. The summed E-state index contributed by atoms with van der Waals surface area (Å²) in [5, 5.41) is 9.87. The molecule has 0 bridgehead atoms. The molecule has 0 amide bonds. The Morgan fingerprint density at radius 2 is 1.38 bits per heavy atom. The number of aliphatic hydroxyl groups excluding tert-OH is 1. The summed E-state index contributed by atoms with van der Waals surface area (Å²) in [7, 11) is 0. The quantitative estimate of drug-likeness (QED) is 0.873. The second-order valence-corrected chi connectivity index (χ2v) is 4.79. The molecule has 0 saturated carbocycles. The van der Waals surface area contributed by atoms with Gasteiger partial charge in [0.2, 0.25) is 0 Å². The van der Waals surface area contributed by atoms with Crippen molar-refractivity contribution in [3.8, 4) is 0 Å². The first-order valence-electron chi connectivity index (χ1n) is 7.40. The molecule has 1 unspecified atom stereocenters. The topological polar surface area (TPSA) is 29.5 Å². The highest BCUT2D eigenvalue weighted by molar-refractivity contribution is 5.88. The van der Waals surface area contributed by atoms with E-state index in [2.05, 4.69) is 12.1 Å². The Bertz CT molecular complexity index is 571. The Morgan fingerprint density at radius 3 is 1.86 bits per heavy atom. The van der Waals surface area contributed by atoms with Gasteiger partial charge in [0, 0.05) is 18.8 Å². The summed E-state index contributed by atoms with van der Waals surface area (Å²) < 4.78 is 4.83. The summed E-state index contributed by atoms with van der Waals surface area (Å²) in [5.41, 5.74) is 3.35. The van der Waals surface area contributed by atoms with E-state index in [1.54, 1.807) is 0 Å². The molecule has 0 aromatic heterocycles. The Balaban J connectivity index is 0.000000282. The van der Waals surface area contributed by atoms with Crippen LogP contribution in [0.5, 0.6) is 0 Å². The first-order chi connectivity index (χ1) is 10.3. The third-order valence-corrected chi connectivity index (χ3v) is 3.38. The standard InChI is InChI=1S/C15H12O.C4H10O/c16-15-13(11-7-3-1-4-8-11)14(15)12-9-5-2-6-10-12;1-3-5-4-2/h1-10,13,16H;3-4H2,1-2H3. The summed E-state index contributed by atoms with van der Waals surface area (Å²) >= 11 is 0. The third kappa shape index (κ3) is 3.96. The van der Waals surface area contributed by atoms with E-state index < -0.39 is 0 Å². The number of benzene rings is 2. The second-order valence-electron chi connectivity index (χ2n) is 4.79. The van der Waals surface area contributed by atoms with Gasteiger partial charge >= 0.3 is 0 Å². The molecule has 2 heteroatoms. The van der Waals surface area contributed by atoms with Crippen LogP contribution in [0.25, 0.3) is 5.57 Å². The van der Waals surface area contributed by atoms with Gasteiger partial charge in [-0.2, -0.15) is 0 Å².